The van der Waals surface area contributed by atoms with E-state index >= 15 is 0 Å². The predicted molar refractivity (Wildman–Crippen MR) is 57.1 cm³/mol. The maximum absolute atomic E-state index is 5.12. The number of rotatable bonds is 3. The van der Waals surface area contributed by atoms with Crippen LogP contribution < -0.4 is 5.32 Å². The molecule has 1 aliphatic heterocycles. The molecule has 0 radical (unpaired) electrons. The van der Waals surface area contributed by atoms with Crippen LogP contribution in [-0.4, -0.2) is 51.3 Å². The Morgan fingerprint density at radius 2 is 2.08 bits per heavy atom. The van der Waals surface area contributed by atoms with Crippen molar-refractivity contribution in [2.75, 3.05) is 34.4 Å². The molecule has 0 aliphatic carbocycles. The highest BCUT2D eigenvalue weighted by Crippen LogP contribution is 2.15. The number of nitrogens with one attached hydrogen (secondary N) is 1. The zero-order chi connectivity index (χ0) is 10.3. The molecule has 1 N–H and O–H groups in total. The average molecular weight is 188 g/mol. The molecule has 0 unspecified atom stereocenters. The van der Waals surface area contributed by atoms with E-state index in [1.807, 2.05) is 20.9 Å². The fraction of sp³-hybridized carbons (Fsp3) is 1.00. The second-order valence-electron chi connectivity index (χ2n) is 3.27. The van der Waals surface area contributed by atoms with Crippen LogP contribution >= 0.6 is 0 Å². The molecular weight excluding hydrogens is 164 g/mol. The van der Waals surface area contributed by atoms with Crippen LogP contribution in [0.5, 0.6) is 0 Å². The molecule has 1 rings (SSSR count). The molecule has 13 heavy (non-hydrogen) atoms. The summed E-state index contributed by atoms with van der Waals surface area (Å²) in [7, 11) is 5.94. The lowest BCUT2D eigenvalue weighted by molar-refractivity contribution is 0.129. The van der Waals surface area contributed by atoms with Crippen molar-refractivity contribution >= 4 is 0 Å². The van der Waals surface area contributed by atoms with Crippen LogP contribution in [-0.2, 0) is 4.74 Å². The molecule has 0 aromatic carbocycles. The molecule has 0 saturated carbocycles. The Hall–Kier alpha value is -0.120. The van der Waals surface area contributed by atoms with Crippen molar-refractivity contribution in [2.24, 2.45) is 0 Å². The molecule has 1 heterocycles. The minimum atomic E-state index is 0.609. The van der Waals surface area contributed by atoms with E-state index in [2.05, 4.69) is 17.3 Å². The Labute approximate surface area is 82.4 Å². The lowest BCUT2D eigenvalue weighted by Crippen LogP contribution is -2.29. The smallest absolute Gasteiger partial charge is 0.0618 e. The van der Waals surface area contributed by atoms with Gasteiger partial charge < -0.3 is 10.1 Å². The van der Waals surface area contributed by atoms with Gasteiger partial charge in [-0.1, -0.05) is 13.8 Å². The summed E-state index contributed by atoms with van der Waals surface area (Å²) in [6, 6.07) is 1.26. The minimum Gasteiger partial charge on any atom is -0.383 e. The molecule has 2 atom stereocenters. The van der Waals surface area contributed by atoms with Crippen LogP contribution in [0.2, 0.25) is 0 Å². The maximum atomic E-state index is 5.12. The topological polar surface area (TPSA) is 24.5 Å². The molecule has 0 aromatic rings. The third-order valence-electron chi connectivity index (χ3n) is 2.46. The number of nitrogens with zero attached hydrogens (tertiary/aromatic N) is 1. The van der Waals surface area contributed by atoms with E-state index in [1.165, 1.54) is 6.42 Å². The van der Waals surface area contributed by atoms with Gasteiger partial charge in [0.05, 0.1) is 6.61 Å². The summed E-state index contributed by atoms with van der Waals surface area (Å²) in [5.74, 6) is 0. The Morgan fingerprint density at radius 3 is 2.46 bits per heavy atom. The second-order valence-corrected chi connectivity index (χ2v) is 3.27. The summed E-state index contributed by atoms with van der Waals surface area (Å²) in [4.78, 5) is 2.35. The van der Waals surface area contributed by atoms with Gasteiger partial charge in [0.2, 0.25) is 0 Å². The van der Waals surface area contributed by atoms with E-state index in [1.54, 1.807) is 7.11 Å². The van der Waals surface area contributed by atoms with E-state index in [-0.39, 0.29) is 0 Å². The third kappa shape index (κ3) is 4.07. The van der Waals surface area contributed by atoms with E-state index in [0.29, 0.717) is 12.1 Å². The predicted octanol–water partition coefficient (Wildman–Crippen LogP) is 0.951. The SMILES string of the molecule is CC.CN[C@@H]1C[C@@H](COC)N(C)C1. The van der Waals surface area contributed by atoms with Crippen molar-refractivity contribution in [3.63, 3.8) is 0 Å². The van der Waals surface area contributed by atoms with Crippen molar-refractivity contribution < 1.29 is 4.74 Å². The maximum Gasteiger partial charge on any atom is 0.0618 e. The summed E-state index contributed by atoms with van der Waals surface area (Å²) in [5, 5.41) is 3.29. The number of hydrogen-bond donors (Lipinski definition) is 1. The molecule has 1 fully saturated rings. The van der Waals surface area contributed by atoms with Gasteiger partial charge in [-0.25, -0.2) is 0 Å². The van der Waals surface area contributed by atoms with E-state index < -0.39 is 0 Å². The van der Waals surface area contributed by atoms with Crippen LogP contribution in [0, 0.1) is 0 Å². The van der Waals surface area contributed by atoms with Crippen molar-refractivity contribution in [1.82, 2.24) is 10.2 Å². The fourth-order valence-electron chi connectivity index (χ4n) is 1.68. The van der Waals surface area contributed by atoms with Gasteiger partial charge in [-0.2, -0.15) is 0 Å². The van der Waals surface area contributed by atoms with Crippen LogP contribution in [0.3, 0.4) is 0 Å². The second kappa shape index (κ2) is 7.30. The molecule has 3 heteroatoms. The molecular formula is C10H24N2O. The van der Waals surface area contributed by atoms with Crippen LogP contribution in [0.4, 0.5) is 0 Å². The van der Waals surface area contributed by atoms with Gasteiger partial charge in [0.25, 0.3) is 0 Å². The largest absolute Gasteiger partial charge is 0.383 e. The summed E-state index contributed by atoms with van der Waals surface area (Å²) in [6.45, 7) is 6.00. The van der Waals surface area contributed by atoms with Gasteiger partial charge in [-0.3, -0.25) is 4.90 Å². The standard InChI is InChI=1S/C8H18N2O.C2H6/c1-9-7-4-8(6-11-3)10(2)5-7;1-2/h7-9H,4-6H2,1-3H3;1-2H3/t7-,8+;/m1./s1. The van der Waals surface area contributed by atoms with Crippen molar-refractivity contribution in [3.8, 4) is 0 Å². The lowest BCUT2D eigenvalue weighted by atomic mass is 10.2. The Morgan fingerprint density at radius 1 is 1.46 bits per heavy atom. The normalized spacial score (nSPS) is 28.4. The summed E-state index contributed by atoms with van der Waals surface area (Å²) < 4.78 is 5.12. The van der Waals surface area contributed by atoms with E-state index in [4.69, 9.17) is 4.74 Å². The van der Waals surface area contributed by atoms with Crippen molar-refractivity contribution in [3.05, 3.63) is 0 Å². The first kappa shape index (κ1) is 12.9. The number of likely N-dealkylation sites (tertiary alicyclic amines) is 1. The molecule has 1 saturated heterocycles. The average Bonchev–Trinajstić information content (AvgIpc) is 2.52. The monoisotopic (exact) mass is 188 g/mol. The summed E-state index contributed by atoms with van der Waals surface area (Å²) in [6.07, 6.45) is 1.21. The minimum absolute atomic E-state index is 0.609. The van der Waals surface area contributed by atoms with Gasteiger partial charge in [0.1, 0.15) is 0 Å². The fourth-order valence-corrected chi connectivity index (χ4v) is 1.68. The third-order valence-corrected chi connectivity index (χ3v) is 2.46. The van der Waals surface area contributed by atoms with E-state index in [9.17, 15) is 0 Å². The molecule has 0 amide bonds. The van der Waals surface area contributed by atoms with E-state index in [0.717, 1.165) is 13.2 Å². The van der Waals surface area contributed by atoms with Gasteiger partial charge in [-0.15, -0.1) is 0 Å². The number of likely N-dealkylation sites (N-methyl/N-ethyl adjacent to an activating group) is 2. The first-order valence-electron chi connectivity index (χ1n) is 5.14. The highest BCUT2D eigenvalue weighted by molar-refractivity contribution is 4.86. The molecule has 80 valence electrons. The highest BCUT2D eigenvalue weighted by Gasteiger charge is 2.27. The van der Waals surface area contributed by atoms with Crippen LogP contribution in [0.1, 0.15) is 20.3 Å². The van der Waals surface area contributed by atoms with Crippen molar-refractivity contribution in [2.45, 2.75) is 32.4 Å². The van der Waals surface area contributed by atoms with Crippen LogP contribution in [0.15, 0.2) is 0 Å². The van der Waals surface area contributed by atoms with Crippen molar-refractivity contribution in [1.29, 1.82) is 0 Å². The van der Waals surface area contributed by atoms with Gasteiger partial charge in [0.15, 0.2) is 0 Å². The number of ether oxygens (including phenoxy) is 1. The van der Waals surface area contributed by atoms with Gasteiger partial charge in [-0.05, 0) is 20.5 Å². The molecule has 1 aliphatic rings. The molecule has 0 aromatic heterocycles. The zero-order valence-electron chi connectivity index (χ0n) is 9.63. The number of methoxy groups -OCH3 is 1. The molecule has 0 spiro atoms. The number of hydrogen-bond acceptors (Lipinski definition) is 3. The lowest BCUT2D eigenvalue weighted by Gasteiger charge is -2.17. The first-order chi connectivity index (χ1) is 6.27. The summed E-state index contributed by atoms with van der Waals surface area (Å²) >= 11 is 0. The Balaban J connectivity index is 0.000000671. The van der Waals surface area contributed by atoms with Gasteiger partial charge in [0, 0.05) is 25.7 Å². The van der Waals surface area contributed by atoms with Crippen LogP contribution in [0.25, 0.3) is 0 Å². The summed E-state index contributed by atoms with van der Waals surface area (Å²) in [5.41, 5.74) is 0. The highest BCUT2D eigenvalue weighted by atomic mass is 16.5. The first-order valence-corrected chi connectivity index (χ1v) is 5.14. The zero-order valence-corrected chi connectivity index (χ0v) is 9.63. The van der Waals surface area contributed by atoms with Gasteiger partial charge >= 0.3 is 0 Å². The Kier molecular flexibility index (Phi) is 7.23. The molecule has 3 nitrogen and oxygen atoms in total. The quantitative estimate of drug-likeness (QED) is 0.714. The Bertz CT molecular complexity index is 119. The molecule has 0 bridgehead atoms.